The van der Waals surface area contributed by atoms with Gasteiger partial charge in [0.05, 0.1) is 30.2 Å². The minimum absolute atomic E-state index is 0.169. The number of fused-ring (bicyclic) bond motifs is 1. The van der Waals surface area contributed by atoms with Crippen molar-refractivity contribution >= 4 is 16.9 Å². The van der Waals surface area contributed by atoms with Crippen molar-refractivity contribution in [3.63, 3.8) is 0 Å². The van der Waals surface area contributed by atoms with Crippen LogP contribution >= 0.6 is 0 Å². The van der Waals surface area contributed by atoms with Crippen LogP contribution in [0.1, 0.15) is 0 Å². The van der Waals surface area contributed by atoms with E-state index in [0.29, 0.717) is 5.75 Å². The Bertz CT molecular complexity index is 722. The number of rotatable bonds is 3. The van der Waals surface area contributed by atoms with E-state index in [1.54, 1.807) is 36.0 Å². The summed E-state index contributed by atoms with van der Waals surface area (Å²) in [6.45, 7) is 0. The lowest BCUT2D eigenvalue weighted by Crippen LogP contribution is -1.94. The van der Waals surface area contributed by atoms with Crippen LogP contribution in [0, 0.1) is 0 Å². The average molecular weight is 255 g/mol. The van der Waals surface area contributed by atoms with Gasteiger partial charge in [0, 0.05) is 12.3 Å². The maximum atomic E-state index is 9.44. The number of hydrogen-bond donors (Lipinski definition) is 2. The fourth-order valence-corrected chi connectivity index (χ4v) is 1.96. The molecule has 0 unspecified atom stereocenters. The molecule has 2 N–H and O–H groups in total. The van der Waals surface area contributed by atoms with Gasteiger partial charge in [0.25, 0.3) is 0 Å². The molecule has 5 nitrogen and oxygen atoms in total. The highest BCUT2D eigenvalue weighted by molar-refractivity contribution is 5.78. The van der Waals surface area contributed by atoms with Crippen molar-refractivity contribution in [2.45, 2.75) is 0 Å². The van der Waals surface area contributed by atoms with Crippen LogP contribution in [-0.4, -0.2) is 21.8 Å². The van der Waals surface area contributed by atoms with Crippen LogP contribution in [0.3, 0.4) is 0 Å². The molecular weight excluding hydrogens is 242 g/mol. The topological polar surface area (TPSA) is 58.8 Å². The van der Waals surface area contributed by atoms with Gasteiger partial charge >= 0.3 is 0 Å². The van der Waals surface area contributed by atoms with E-state index in [1.807, 2.05) is 24.4 Å². The monoisotopic (exact) mass is 255 g/mol. The van der Waals surface area contributed by atoms with Crippen molar-refractivity contribution in [1.29, 1.82) is 0 Å². The Balaban J connectivity index is 2.01. The standard InChI is InChI=1S/C14H13N3O2/c1-19-14-8-10(18)5-6-11(14)16-12-9-15-17-7-3-2-4-13(12)17/h2-9,16,18H,1H3. The van der Waals surface area contributed by atoms with Crippen LogP contribution in [0.15, 0.2) is 48.8 Å². The Kier molecular flexibility index (Phi) is 2.72. The third kappa shape index (κ3) is 2.06. The van der Waals surface area contributed by atoms with E-state index in [2.05, 4.69) is 10.4 Å². The van der Waals surface area contributed by atoms with E-state index in [4.69, 9.17) is 4.74 Å². The minimum atomic E-state index is 0.169. The number of ether oxygens (including phenoxy) is 1. The summed E-state index contributed by atoms with van der Waals surface area (Å²) in [6, 6.07) is 10.8. The molecule has 0 aliphatic heterocycles. The predicted octanol–water partition coefficient (Wildman–Crippen LogP) is 2.79. The number of phenolic OH excluding ortho intramolecular Hbond substituents is 1. The first-order chi connectivity index (χ1) is 9.28. The lowest BCUT2D eigenvalue weighted by molar-refractivity contribution is 0.409. The first-order valence-electron chi connectivity index (χ1n) is 5.84. The molecule has 96 valence electrons. The fraction of sp³-hybridized carbons (Fsp3) is 0.0714. The van der Waals surface area contributed by atoms with Gasteiger partial charge in [-0.05, 0) is 24.3 Å². The van der Waals surface area contributed by atoms with Crippen LogP contribution in [0.4, 0.5) is 11.4 Å². The molecule has 2 heterocycles. The number of nitrogens with one attached hydrogen (secondary N) is 1. The summed E-state index contributed by atoms with van der Waals surface area (Å²) in [7, 11) is 1.57. The Morgan fingerprint density at radius 1 is 1.21 bits per heavy atom. The van der Waals surface area contributed by atoms with E-state index in [1.165, 1.54) is 0 Å². The van der Waals surface area contributed by atoms with Gasteiger partial charge in [0.2, 0.25) is 0 Å². The number of nitrogens with zero attached hydrogens (tertiary/aromatic N) is 2. The van der Waals surface area contributed by atoms with Crippen molar-refractivity contribution < 1.29 is 9.84 Å². The Labute approximate surface area is 110 Å². The normalized spacial score (nSPS) is 10.6. The number of pyridine rings is 1. The van der Waals surface area contributed by atoms with E-state index in [0.717, 1.165) is 16.9 Å². The van der Waals surface area contributed by atoms with E-state index in [-0.39, 0.29) is 5.75 Å². The molecule has 5 heteroatoms. The molecule has 3 aromatic rings. The molecule has 2 aromatic heterocycles. The second kappa shape index (κ2) is 4.53. The number of benzene rings is 1. The van der Waals surface area contributed by atoms with Crippen molar-refractivity contribution in [3.8, 4) is 11.5 Å². The molecule has 0 atom stereocenters. The molecular formula is C14H13N3O2. The zero-order valence-electron chi connectivity index (χ0n) is 10.4. The van der Waals surface area contributed by atoms with Crippen LogP contribution in [0.5, 0.6) is 11.5 Å². The largest absolute Gasteiger partial charge is 0.508 e. The van der Waals surface area contributed by atoms with Gasteiger partial charge < -0.3 is 15.2 Å². The summed E-state index contributed by atoms with van der Waals surface area (Å²) >= 11 is 0. The first kappa shape index (κ1) is 11.4. The molecule has 0 aliphatic rings. The molecule has 0 amide bonds. The Hall–Kier alpha value is -2.69. The number of aromatic nitrogens is 2. The molecule has 0 bridgehead atoms. The van der Waals surface area contributed by atoms with E-state index >= 15 is 0 Å². The molecule has 0 radical (unpaired) electrons. The van der Waals surface area contributed by atoms with Crippen LogP contribution < -0.4 is 10.1 Å². The van der Waals surface area contributed by atoms with Gasteiger partial charge in [0.1, 0.15) is 11.5 Å². The summed E-state index contributed by atoms with van der Waals surface area (Å²) in [6.07, 6.45) is 3.64. The van der Waals surface area contributed by atoms with E-state index in [9.17, 15) is 5.11 Å². The Morgan fingerprint density at radius 2 is 2.11 bits per heavy atom. The highest BCUT2D eigenvalue weighted by Gasteiger charge is 2.08. The number of aromatic hydroxyl groups is 1. The predicted molar refractivity (Wildman–Crippen MR) is 73.1 cm³/mol. The molecule has 0 saturated heterocycles. The fourth-order valence-electron chi connectivity index (χ4n) is 1.96. The van der Waals surface area contributed by atoms with Gasteiger partial charge in [-0.2, -0.15) is 5.10 Å². The lowest BCUT2D eigenvalue weighted by Gasteiger charge is -2.10. The zero-order chi connectivity index (χ0) is 13.2. The zero-order valence-corrected chi connectivity index (χ0v) is 10.4. The van der Waals surface area contributed by atoms with Crippen molar-refractivity contribution in [2.75, 3.05) is 12.4 Å². The van der Waals surface area contributed by atoms with Crippen LogP contribution in [0.2, 0.25) is 0 Å². The number of anilines is 2. The molecule has 0 spiro atoms. The maximum absolute atomic E-state index is 9.44. The van der Waals surface area contributed by atoms with Gasteiger partial charge in [-0.3, -0.25) is 0 Å². The summed E-state index contributed by atoms with van der Waals surface area (Å²) in [5, 5.41) is 16.9. The number of methoxy groups -OCH3 is 1. The number of phenols is 1. The highest BCUT2D eigenvalue weighted by Crippen LogP contribution is 2.32. The molecule has 0 aliphatic carbocycles. The van der Waals surface area contributed by atoms with Gasteiger partial charge in [0.15, 0.2) is 0 Å². The number of hydrogen-bond acceptors (Lipinski definition) is 4. The smallest absolute Gasteiger partial charge is 0.145 e. The second-order valence-corrected chi connectivity index (χ2v) is 4.10. The molecule has 1 aromatic carbocycles. The quantitative estimate of drug-likeness (QED) is 0.706. The average Bonchev–Trinajstić information content (AvgIpc) is 2.84. The summed E-state index contributed by atoms with van der Waals surface area (Å²) in [5.41, 5.74) is 2.63. The SMILES string of the molecule is COc1cc(O)ccc1Nc1cnn2ccccc12. The van der Waals surface area contributed by atoms with Crippen molar-refractivity contribution in [2.24, 2.45) is 0 Å². The third-order valence-corrected chi connectivity index (χ3v) is 2.88. The summed E-state index contributed by atoms with van der Waals surface area (Å²) in [5.74, 6) is 0.748. The molecule has 3 rings (SSSR count). The first-order valence-corrected chi connectivity index (χ1v) is 5.84. The van der Waals surface area contributed by atoms with E-state index < -0.39 is 0 Å². The molecule has 0 saturated carbocycles. The van der Waals surface area contributed by atoms with Crippen LogP contribution in [-0.2, 0) is 0 Å². The maximum Gasteiger partial charge on any atom is 0.145 e. The van der Waals surface area contributed by atoms with Crippen molar-refractivity contribution in [1.82, 2.24) is 9.61 Å². The third-order valence-electron chi connectivity index (χ3n) is 2.88. The molecule has 0 fully saturated rings. The summed E-state index contributed by atoms with van der Waals surface area (Å²) in [4.78, 5) is 0. The Morgan fingerprint density at radius 3 is 2.95 bits per heavy atom. The van der Waals surface area contributed by atoms with Crippen molar-refractivity contribution in [3.05, 3.63) is 48.8 Å². The molecule has 19 heavy (non-hydrogen) atoms. The second-order valence-electron chi connectivity index (χ2n) is 4.10. The van der Waals surface area contributed by atoms with Gasteiger partial charge in [-0.1, -0.05) is 6.07 Å². The van der Waals surface area contributed by atoms with Crippen LogP contribution in [0.25, 0.3) is 5.52 Å². The lowest BCUT2D eigenvalue weighted by atomic mass is 10.2. The van der Waals surface area contributed by atoms with Gasteiger partial charge in [-0.15, -0.1) is 0 Å². The highest BCUT2D eigenvalue weighted by atomic mass is 16.5. The summed E-state index contributed by atoms with van der Waals surface area (Å²) < 4.78 is 7.02. The minimum Gasteiger partial charge on any atom is -0.508 e. The van der Waals surface area contributed by atoms with Gasteiger partial charge in [-0.25, -0.2) is 4.52 Å².